The smallest absolute Gasteiger partial charge is 0.273 e. The second-order valence-electron chi connectivity index (χ2n) is 5.11. The third-order valence-corrected chi connectivity index (χ3v) is 3.74. The molecule has 0 atom stereocenters. The van der Waals surface area contributed by atoms with Crippen molar-refractivity contribution in [3.8, 4) is 17.1 Å². The maximum atomic E-state index is 12.2. The lowest BCUT2D eigenvalue weighted by atomic mass is 10.1. The van der Waals surface area contributed by atoms with E-state index >= 15 is 0 Å². The number of methoxy groups -OCH3 is 1. The summed E-state index contributed by atoms with van der Waals surface area (Å²) in [6.45, 7) is 0.390. The predicted octanol–water partition coefficient (Wildman–Crippen LogP) is 3.93. The Bertz CT molecular complexity index is 826. The molecule has 0 radical (unpaired) electrons. The molecule has 3 aromatic rings. The molecular weight excluding hydrogens is 328 g/mol. The van der Waals surface area contributed by atoms with Gasteiger partial charge in [0.15, 0.2) is 11.5 Å². The molecule has 122 valence electrons. The molecular formula is C18H15ClN2O3. The lowest BCUT2D eigenvalue weighted by molar-refractivity contribution is 0.0942. The average molecular weight is 343 g/mol. The van der Waals surface area contributed by atoms with Crippen LogP contribution in [0.15, 0.2) is 59.1 Å². The number of nitrogens with zero attached hydrogens (tertiary/aromatic N) is 1. The first-order valence-corrected chi connectivity index (χ1v) is 7.67. The van der Waals surface area contributed by atoms with Gasteiger partial charge in [-0.25, -0.2) is 0 Å². The number of carbonyl (C=O) groups is 1. The molecule has 0 bridgehead atoms. The Labute approximate surface area is 144 Å². The lowest BCUT2D eigenvalue weighted by Gasteiger charge is -2.02. The van der Waals surface area contributed by atoms with Gasteiger partial charge < -0.3 is 14.6 Å². The molecule has 0 saturated carbocycles. The third-order valence-electron chi connectivity index (χ3n) is 3.48. The third kappa shape index (κ3) is 3.75. The summed E-state index contributed by atoms with van der Waals surface area (Å²) in [7, 11) is 1.60. The van der Waals surface area contributed by atoms with Crippen LogP contribution in [0.4, 0.5) is 0 Å². The second-order valence-corrected chi connectivity index (χ2v) is 5.55. The van der Waals surface area contributed by atoms with Gasteiger partial charge in [-0.15, -0.1) is 0 Å². The van der Waals surface area contributed by atoms with E-state index in [0.717, 1.165) is 16.9 Å². The van der Waals surface area contributed by atoms with Crippen LogP contribution in [-0.4, -0.2) is 18.2 Å². The van der Waals surface area contributed by atoms with E-state index < -0.39 is 0 Å². The van der Waals surface area contributed by atoms with Crippen LogP contribution in [-0.2, 0) is 6.54 Å². The number of nitrogens with one attached hydrogen (secondary N) is 1. The van der Waals surface area contributed by atoms with Gasteiger partial charge in [0.1, 0.15) is 5.75 Å². The van der Waals surface area contributed by atoms with Crippen molar-refractivity contribution in [3.63, 3.8) is 0 Å². The van der Waals surface area contributed by atoms with Gasteiger partial charge in [0.25, 0.3) is 5.91 Å². The fourth-order valence-electron chi connectivity index (χ4n) is 2.15. The molecule has 0 aliphatic rings. The van der Waals surface area contributed by atoms with E-state index in [1.165, 1.54) is 0 Å². The van der Waals surface area contributed by atoms with Gasteiger partial charge in [-0.05, 0) is 42.0 Å². The zero-order valence-corrected chi connectivity index (χ0v) is 13.7. The first-order chi connectivity index (χ1) is 11.7. The van der Waals surface area contributed by atoms with Crippen LogP contribution in [0.25, 0.3) is 11.3 Å². The minimum Gasteiger partial charge on any atom is -0.497 e. The van der Waals surface area contributed by atoms with Gasteiger partial charge in [0.05, 0.1) is 7.11 Å². The number of rotatable bonds is 5. The van der Waals surface area contributed by atoms with Crippen LogP contribution >= 0.6 is 11.6 Å². The fourth-order valence-corrected chi connectivity index (χ4v) is 2.27. The van der Waals surface area contributed by atoms with Crippen molar-refractivity contribution in [2.45, 2.75) is 6.54 Å². The summed E-state index contributed by atoms with van der Waals surface area (Å²) in [4.78, 5) is 12.2. The van der Waals surface area contributed by atoms with Gasteiger partial charge in [-0.1, -0.05) is 28.9 Å². The van der Waals surface area contributed by atoms with E-state index in [2.05, 4.69) is 10.5 Å². The molecule has 0 fully saturated rings. The molecule has 6 heteroatoms. The summed E-state index contributed by atoms with van der Waals surface area (Å²) >= 11 is 5.83. The van der Waals surface area contributed by atoms with Crippen molar-refractivity contribution in [3.05, 3.63) is 70.9 Å². The minimum atomic E-state index is -0.298. The highest BCUT2D eigenvalue weighted by Crippen LogP contribution is 2.23. The van der Waals surface area contributed by atoms with Crippen molar-refractivity contribution >= 4 is 17.5 Å². The van der Waals surface area contributed by atoms with Crippen molar-refractivity contribution in [2.24, 2.45) is 0 Å². The summed E-state index contributed by atoms with van der Waals surface area (Å²) in [5.74, 6) is 0.974. The highest BCUT2D eigenvalue weighted by Gasteiger charge is 2.13. The molecule has 0 spiro atoms. The highest BCUT2D eigenvalue weighted by molar-refractivity contribution is 6.30. The summed E-state index contributed by atoms with van der Waals surface area (Å²) < 4.78 is 10.4. The lowest BCUT2D eigenvalue weighted by Crippen LogP contribution is -2.22. The Kier molecular flexibility index (Phi) is 4.82. The van der Waals surface area contributed by atoms with Crippen molar-refractivity contribution in [2.75, 3.05) is 7.11 Å². The Morgan fingerprint density at radius 2 is 1.88 bits per heavy atom. The minimum absolute atomic E-state index is 0.231. The van der Waals surface area contributed by atoms with Gasteiger partial charge >= 0.3 is 0 Å². The summed E-state index contributed by atoms with van der Waals surface area (Å²) in [6.07, 6.45) is 0. The maximum absolute atomic E-state index is 12.2. The van der Waals surface area contributed by atoms with Crippen LogP contribution < -0.4 is 10.1 Å². The van der Waals surface area contributed by atoms with E-state index in [0.29, 0.717) is 17.3 Å². The zero-order valence-electron chi connectivity index (χ0n) is 13.0. The molecule has 0 unspecified atom stereocenters. The molecule has 0 aliphatic heterocycles. The second kappa shape index (κ2) is 7.19. The van der Waals surface area contributed by atoms with Gasteiger partial charge in [-0.3, -0.25) is 4.79 Å². The number of amides is 1. The topological polar surface area (TPSA) is 64.4 Å². The van der Waals surface area contributed by atoms with E-state index in [1.54, 1.807) is 25.3 Å². The quantitative estimate of drug-likeness (QED) is 0.763. The van der Waals surface area contributed by atoms with Crippen LogP contribution in [0, 0.1) is 0 Å². The number of aromatic nitrogens is 1. The molecule has 0 saturated heterocycles. The number of halogens is 1. The summed E-state index contributed by atoms with van der Waals surface area (Å²) in [6, 6.07) is 16.2. The Balaban J connectivity index is 1.65. The van der Waals surface area contributed by atoms with E-state index in [-0.39, 0.29) is 11.6 Å². The van der Waals surface area contributed by atoms with Crippen molar-refractivity contribution < 1.29 is 14.1 Å². The van der Waals surface area contributed by atoms with Crippen molar-refractivity contribution in [1.82, 2.24) is 10.5 Å². The number of benzene rings is 2. The van der Waals surface area contributed by atoms with Crippen molar-refractivity contribution in [1.29, 1.82) is 0 Å². The molecule has 2 aromatic carbocycles. The van der Waals surface area contributed by atoms with Crippen LogP contribution in [0.2, 0.25) is 5.02 Å². The predicted molar refractivity (Wildman–Crippen MR) is 91.1 cm³/mol. The normalized spacial score (nSPS) is 10.4. The van der Waals surface area contributed by atoms with Crippen LogP contribution in [0.3, 0.4) is 0 Å². The summed E-state index contributed by atoms with van der Waals surface area (Å²) in [5, 5.41) is 7.27. The monoisotopic (exact) mass is 342 g/mol. The summed E-state index contributed by atoms with van der Waals surface area (Å²) in [5.41, 5.74) is 2.00. The fraction of sp³-hybridized carbons (Fsp3) is 0.111. The SMILES string of the molecule is COc1ccc(-c2cc(C(=O)NCc3ccc(Cl)cc3)no2)cc1. The zero-order chi connectivity index (χ0) is 16.9. The first kappa shape index (κ1) is 16.1. The molecule has 1 N–H and O–H groups in total. The number of hydrogen-bond donors (Lipinski definition) is 1. The molecule has 5 nitrogen and oxygen atoms in total. The molecule has 24 heavy (non-hydrogen) atoms. The van der Waals surface area contributed by atoms with Gasteiger partial charge in [0, 0.05) is 23.2 Å². The highest BCUT2D eigenvalue weighted by atomic mass is 35.5. The first-order valence-electron chi connectivity index (χ1n) is 7.29. The van der Waals surface area contributed by atoms with Crippen LogP contribution in [0.1, 0.15) is 16.1 Å². The van der Waals surface area contributed by atoms with Crippen LogP contribution in [0.5, 0.6) is 5.75 Å². The number of hydrogen-bond acceptors (Lipinski definition) is 4. The molecule has 1 aromatic heterocycles. The number of carbonyl (C=O) groups excluding carboxylic acids is 1. The molecule has 1 heterocycles. The van der Waals surface area contributed by atoms with E-state index in [1.807, 2.05) is 36.4 Å². The Hall–Kier alpha value is -2.79. The molecule has 1 amide bonds. The van der Waals surface area contributed by atoms with Gasteiger partial charge in [0.2, 0.25) is 0 Å². The Morgan fingerprint density at radius 1 is 1.17 bits per heavy atom. The number of ether oxygens (including phenoxy) is 1. The maximum Gasteiger partial charge on any atom is 0.273 e. The molecule has 3 rings (SSSR count). The molecule has 0 aliphatic carbocycles. The van der Waals surface area contributed by atoms with E-state index in [9.17, 15) is 4.79 Å². The van der Waals surface area contributed by atoms with Gasteiger partial charge in [-0.2, -0.15) is 0 Å². The Morgan fingerprint density at radius 3 is 2.54 bits per heavy atom. The standard InChI is InChI=1S/C18H15ClN2O3/c1-23-15-8-4-13(5-9-15)17-10-16(21-24-17)18(22)20-11-12-2-6-14(19)7-3-12/h2-10H,11H2,1H3,(H,20,22). The largest absolute Gasteiger partial charge is 0.497 e. The average Bonchev–Trinajstić information content (AvgIpc) is 3.11. The van der Waals surface area contributed by atoms with E-state index in [4.69, 9.17) is 20.9 Å².